The summed E-state index contributed by atoms with van der Waals surface area (Å²) in [7, 11) is 0. The molecule has 6 nitrogen and oxygen atoms in total. The summed E-state index contributed by atoms with van der Waals surface area (Å²) in [6.07, 6.45) is 0. The Bertz CT molecular complexity index is 880. The Morgan fingerprint density at radius 3 is 2.79 bits per heavy atom. The van der Waals surface area contributed by atoms with Crippen LogP contribution in [0.15, 0.2) is 42.5 Å². The van der Waals surface area contributed by atoms with Crippen molar-refractivity contribution in [1.29, 1.82) is 0 Å². The number of aryl methyl sites for hydroxylation is 1. The number of benzene rings is 2. The van der Waals surface area contributed by atoms with Crippen molar-refractivity contribution >= 4 is 51.7 Å². The Kier molecular flexibility index (Phi) is 4.97. The fraction of sp³-hybridized carbons (Fsp3) is 0.125. The molecule has 1 amide bonds. The summed E-state index contributed by atoms with van der Waals surface area (Å²) in [6, 6.07) is 12.9. The fourth-order valence-electron chi connectivity index (χ4n) is 2.08. The van der Waals surface area contributed by atoms with E-state index in [-0.39, 0.29) is 17.6 Å². The summed E-state index contributed by atoms with van der Waals surface area (Å²) < 4.78 is 13.8. The molecule has 1 aromatic heterocycles. The Morgan fingerprint density at radius 2 is 2.00 bits per heavy atom. The second-order valence-electron chi connectivity index (χ2n) is 4.99. The number of thiocarbonyl (C=S) groups is 1. The van der Waals surface area contributed by atoms with Crippen molar-refractivity contribution in [2.75, 3.05) is 11.9 Å². The van der Waals surface area contributed by atoms with Gasteiger partial charge in [0.1, 0.15) is 16.8 Å². The average Bonchev–Trinajstić information content (AvgIpc) is 3.05. The van der Waals surface area contributed by atoms with Gasteiger partial charge in [0, 0.05) is 0 Å². The first kappa shape index (κ1) is 16.3. The zero-order valence-corrected chi connectivity index (χ0v) is 14.4. The molecule has 3 aromatic rings. The van der Waals surface area contributed by atoms with Crippen LogP contribution in [0.3, 0.4) is 0 Å². The quantitative estimate of drug-likeness (QED) is 0.699. The second-order valence-corrected chi connectivity index (χ2v) is 5.93. The van der Waals surface area contributed by atoms with Crippen LogP contribution in [-0.2, 0) is 4.79 Å². The molecule has 8 heteroatoms. The molecule has 0 radical (unpaired) electrons. The molecule has 122 valence electrons. The van der Waals surface area contributed by atoms with Gasteiger partial charge in [-0.2, -0.15) is 8.75 Å². The maximum absolute atomic E-state index is 11.9. The van der Waals surface area contributed by atoms with Crippen LogP contribution in [0.5, 0.6) is 5.75 Å². The molecule has 0 atom stereocenters. The fourth-order valence-corrected chi connectivity index (χ4v) is 2.84. The van der Waals surface area contributed by atoms with Gasteiger partial charge in [-0.15, -0.1) is 0 Å². The molecule has 0 unspecified atom stereocenters. The lowest BCUT2D eigenvalue weighted by molar-refractivity contribution is -0.121. The van der Waals surface area contributed by atoms with E-state index in [9.17, 15) is 4.79 Å². The summed E-state index contributed by atoms with van der Waals surface area (Å²) in [5.74, 6) is 0.290. The minimum absolute atomic E-state index is 0.118. The molecular formula is C16H14N4O2S2. The van der Waals surface area contributed by atoms with Crippen LogP contribution in [0.4, 0.5) is 5.69 Å². The van der Waals surface area contributed by atoms with Crippen LogP contribution in [0.2, 0.25) is 0 Å². The van der Waals surface area contributed by atoms with E-state index in [1.54, 1.807) is 12.1 Å². The number of nitrogens with zero attached hydrogens (tertiary/aromatic N) is 2. The van der Waals surface area contributed by atoms with Crippen LogP contribution in [0.1, 0.15) is 5.56 Å². The molecule has 0 bridgehead atoms. The van der Waals surface area contributed by atoms with Gasteiger partial charge >= 0.3 is 0 Å². The number of ether oxygens (including phenoxy) is 1. The molecule has 0 aliphatic carbocycles. The molecular weight excluding hydrogens is 344 g/mol. The molecule has 0 saturated heterocycles. The number of para-hydroxylation sites is 1. The van der Waals surface area contributed by atoms with Crippen LogP contribution in [0, 0.1) is 6.92 Å². The first-order valence-electron chi connectivity index (χ1n) is 7.14. The van der Waals surface area contributed by atoms with Crippen molar-refractivity contribution in [3.05, 3.63) is 48.0 Å². The monoisotopic (exact) mass is 358 g/mol. The second kappa shape index (κ2) is 7.33. The SMILES string of the molecule is Cc1ccc2nsnc2c1NC(=S)NC(=O)COc1ccccc1. The highest BCUT2D eigenvalue weighted by Crippen LogP contribution is 2.25. The normalized spacial score (nSPS) is 10.4. The zero-order valence-electron chi connectivity index (χ0n) is 12.8. The van der Waals surface area contributed by atoms with Crippen molar-refractivity contribution in [2.45, 2.75) is 6.92 Å². The van der Waals surface area contributed by atoms with E-state index in [0.717, 1.165) is 34.0 Å². The topological polar surface area (TPSA) is 76.1 Å². The van der Waals surface area contributed by atoms with E-state index in [4.69, 9.17) is 17.0 Å². The van der Waals surface area contributed by atoms with E-state index >= 15 is 0 Å². The minimum Gasteiger partial charge on any atom is -0.484 e. The predicted molar refractivity (Wildman–Crippen MR) is 98.5 cm³/mol. The van der Waals surface area contributed by atoms with E-state index < -0.39 is 0 Å². The highest BCUT2D eigenvalue weighted by Gasteiger charge is 2.12. The number of nitrogens with one attached hydrogen (secondary N) is 2. The van der Waals surface area contributed by atoms with Crippen molar-refractivity contribution in [1.82, 2.24) is 14.1 Å². The van der Waals surface area contributed by atoms with Gasteiger partial charge in [0.25, 0.3) is 5.91 Å². The van der Waals surface area contributed by atoms with E-state index in [1.165, 1.54) is 0 Å². The number of amides is 1. The first-order valence-corrected chi connectivity index (χ1v) is 8.28. The molecule has 0 aliphatic rings. The maximum Gasteiger partial charge on any atom is 0.264 e. The highest BCUT2D eigenvalue weighted by atomic mass is 32.1. The predicted octanol–water partition coefficient (Wildman–Crippen LogP) is 2.89. The molecule has 1 heterocycles. The Labute approximate surface area is 148 Å². The first-order chi connectivity index (χ1) is 11.6. The van der Waals surface area contributed by atoms with Gasteiger partial charge in [-0.1, -0.05) is 24.3 Å². The number of hydrogen-bond donors (Lipinski definition) is 2. The minimum atomic E-state index is -0.336. The van der Waals surface area contributed by atoms with Crippen molar-refractivity contribution in [3.63, 3.8) is 0 Å². The largest absolute Gasteiger partial charge is 0.484 e. The Balaban J connectivity index is 1.59. The molecule has 0 fully saturated rings. The van der Waals surface area contributed by atoms with Gasteiger partial charge in [0.15, 0.2) is 11.7 Å². The Hall–Kier alpha value is -2.58. The molecule has 3 rings (SSSR count). The third kappa shape index (κ3) is 3.84. The van der Waals surface area contributed by atoms with Crippen molar-refractivity contribution in [3.8, 4) is 5.75 Å². The van der Waals surface area contributed by atoms with Gasteiger partial charge in [0.2, 0.25) is 0 Å². The number of hydrogen-bond acceptors (Lipinski definition) is 6. The lowest BCUT2D eigenvalue weighted by Gasteiger charge is -2.12. The zero-order chi connectivity index (χ0) is 16.9. The summed E-state index contributed by atoms with van der Waals surface area (Å²) in [5, 5.41) is 5.81. The van der Waals surface area contributed by atoms with E-state index in [2.05, 4.69) is 19.4 Å². The van der Waals surface area contributed by atoms with E-state index in [0.29, 0.717) is 5.75 Å². The third-order valence-corrected chi connectivity index (χ3v) is 3.99. The molecule has 0 saturated carbocycles. The van der Waals surface area contributed by atoms with Crippen molar-refractivity contribution in [2.24, 2.45) is 0 Å². The maximum atomic E-state index is 11.9. The number of anilines is 1. The van der Waals surface area contributed by atoms with Crippen LogP contribution >= 0.6 is 23.9 Å². The van der Waals surface area contributed by atoms with Gasteiger partial charge in [-0.05, 0) is 42.9 Å². The summed E-state index contributed by atoms with van der Waals surface area (Å²) in [4.78, 5) is 11.9. The average molecular weight is 358 g/mol. The number of aromatic nitrogens is 2. The van der Waals surface area contributed by atoms with Gasteiger partial charge in [-0.25, -0.2) is 0 Å². The standard InChI is InChI=1S/C16H14N4O2S2/c1-10-7-8-12-15(20-24-19-12)14(10)18-16(23)17-13(21)9-22-11-5-3-2-4-6-11/h2-8H,9H2,1H3,(H2,17,18,21,23). The van der Waals surface area contributed by atoms with Gasteiger partial charge < -0.3 is 10.1 Å². The number of rotatable bonds is 4. The molecule has 2 N–H and O–H groups in total. The molecule has 2 aromatic carbocycles. The number of carbonyl (C=O) groups excluding carboxylic acids is 1. The third-order valence-electron chi connectivity index (χ3n) is 3.24. The van der Waals surface area contributed by atoms with Gasteiger partial charge in [0.05, 0.1) is 17.4 Å². The molecule has 0 aliphatic heterocycles. The smallest absolute Gasteiger partial charge is 0.264 e. The lowest BCUT2D eigenvalue weighted by Crippen LogP contribution is -2.37. The van der Waals surface area contributed by atoms with Gasteiger partial charge in [-0.3, -0.25) is 10.1 Å². The summed E-state index contributed by atoms with van der Waals surface area (Å²) in [6.45, 7) is 1.82. The Morgan fingerprint density at radius 1 is 1.21 bits per heavy atom. The molecule has 0 spiro atoms. The number of fused-ring (bicyclic) bond motifs is 1. The molecule has 24 heavy (non-hydrogen) atoms. The lowest BCUT2D eigenvalue weighted by atomic mass is 10.1. The summed E-state index contributed by atoms with van der Waals surface area (Å²) >= 11 is 6.33. The highest BCUT2D eigenvalue weighted by molar-refractivity contribution is 7.80. The van der Waals surface area contributed by atoms with Crippen molar-refractivity contribution < 1.29 is 9.53 Å². The van der Waals surface area contributed by atoms with Crippen LogP contribution in [-0.4, -0.2) is 26.4 Å². The van der Waals surface area contributed by atoms with Crippen LogP contribution in [0.25, 0.3) is 11.0 Å². The van der Waals surface area contributed by atoms with Crippen LogP contribution < -0.4 is 15.4 Å². The number of carbonyl (C=O) groups is 1. The summed E-state index contributed by atoms with van der Waals surface area (Å²) in [5.41, 5.74) is 3.23. The van der Waals surface area contributed by atoms with E-state index in [1.807, 2.05) is 37.3 Å².